The number of aromatic nitrogens is 1. The topological polar surface area (TPSA) is 158 Å². The van der Waals surface area contributed by atoms with Gasteiger partial charge in [0.15, 0.2) is 0 Å². The first-order valence-corrected chi connectivity index (χ1v) is 10.2. The molecule has 10 nitrogen and oxygen atoms in total. The molecule has 3 atom stereocenters. The van der Waals surface area contributed by atoms with E-state index in [2.05, 4.69) is 15.6 Å². The second-order valence-electron chi connectivity index (χ2n) is 7.72. The van der Waals surface area contributed by atoms with Gasteiger partial charge in [0.05, 0.1) is 12.6 Å². The van der Waals surface area contributed by atoms with Crippen molar-refractivity contribution in [1.29, 1.82) is 0 Å². The van der Waals surface area contributed by atoms with Crippen LogP contribution in [0.2, 0.25) is 0 Å². The van der Waals surface area contributed by atoms with Gasteiger partial charge < -0.3 is 31.4 Å². The summed E-state index contributed by atoms with van der Waals surface area (Å²) in [6, 6.07) is 4.92. The molecule has 0 bridgehead atoms. The number of rotatable bonds is 8. The minimum absolute atomic E-state index is 0.179. The Hall–Kier alpha value is -3.40. The van der Waals surface area contributed by atoms with Gasteiger partial charge in [-0.25, -0.2) is 4.79 Å². The molecule has 2 heterocycles. The molecule has 0 saturated carbocycles. The molecular weight excluding hydrogens is 402 g/mol. The van der Waals surface area contributed by atoms with Gasteiger partial charge in [0.1, 0.15) is 12.1 Å². The van der Waals surface area contributed by atoms with Crippen LogP contribution in [-0.4, -0.2) is 69.9 Å². The van der Waals surface area contributed by atoms with Crippen molar-refractivity contribution in [3.63, 3.8) is 0 Å². The predicted molar refractivity (Wildman–Crippen MR) is 113 cm³/mol. The fourth-order valence-electron chi connectivity index (χ4n) is 3.78. The second kappa shape index (κ2) is 9.61. The number of hydrogen-bond donors (Lipinski definition) is 5. The molecule has 1 aromatic carbocycles. The Morgan fingerprint density at radius 3 is 2.74 bits per heavy atom. The third-order valence-electron chi connectivity index (χ3n) is 5.39. The number of carbonyl (C=O) groups excluding carboxylic acids is 3. The van der Waals surface area contributed by atoms with E-state index in [0.717, 1.165) is 16.5 Å². The number of aromatic amines is 1. The van der Waals surface area contributed by atoms with E-state index in [4.69, 9.17) is 5.73 Å². The van der Waals surface area contributed by atoms with Crippen LogP contribution in [0, 0.1) is 0 Å². The number of hydrogen-bond acceptors (Lipinski definition) is 5. The van der Waals surface area contributed by atoms with Crippen LogP contribution < -0.4 is 16.4 Å². The predicted octanol–water partition coefficient (Wildman–Crippen LogP) is -0.266. The number of carbonyl (C=O) groups is 4. The van der Waals surface area contributed by atoms with Crippen molar-refractivity contribution < 1.29 is 24.3 Å². The van der Waals surface area contributed by atoms with Crippen LogP contribution in [-0.2, 0) is 25.6 Å². The SMILES string of the molecule is CC(N)C(=O)NCC(=O)NC(Cc1c[nH]c2ccccc12)C(=O)N1CCCC1C(=O)O. The molecule has 1 fully saturated rings. The average Bonchev–Trinajstić information content (AvgIpc) is 3.38. The highest BCUT2D eigenvalue weighted by Gasteiger charge is 2.37. The molecule has 3 unspecified atom stereocenters. The summed E-state index contributed by atoms with van der Waals surface area (Å²) in [7, 11) is 0. The normalized spacial score (nSPS) is 17.9. The van der Waals surface area contributed by atoms with E-state index in [1.807, 2.05) is 24.3 Å². The van der Waals surface area contributed by atoms with E-state index < -0.39 is 41.8 Å². The summed E-state index contributed by atoms with van der Waals surface area (Å²) >= 11 is 0. The summed E-state index contributed by atoms with van der Waals surface area (Å²) < 4.78 is 0. The van der Waals surface area contributed by atoms with E-state index in [1.165, 1.54) is 11.8 Å². The quantitative estimate of drug-likeness (QED) is 0.389. The Kier molecular flexibility index (Phi) is 6.91. The molecule has 10 heteroatoms. The zero-order valence-corrected chi connectivity index (χ0v) is 17.3. The first-order valence-electron chi connectivity index (χ1n) is 10.2. The number of nitrogens with zero attached hydrogens (tertiary/aromatic N) is 1. The number of aliphatic carboxylic acids is 1. The highest BCUT2D eigenvalue weighted by molar-refractivity contribution is 5.93. The molecule has 1 aliphatic rings. The minimum Gasteiger partial charge on any atom is -0.480 e. The van der Waals surface area contributed by atoms with Gasteiger partial charge in [-0.05, 0) is 31.4 Å². The lowest BCUT2D eigenvalue weighted by Crippen LogP contribution is -2.54. The number of para-hydroxylation sites is 1. The van der Waals surface area contributed by atoms with Gasteiger partial charge in [0, 0.05) is 30.1 Å². The Balaban J connectivity index is 1.79. The third kappa shape index (κ3) is 5.21. The number of fused-ring (bicyclic) bond motifs is 1. The zero-order chi connectivity index (χ0) is 22.5. The number of carboxylic acid groups (broad SMARTS) is 1. The standard InChI is InChI=1S/C21H27N5O5/c1-12(22)19(28)24-11-18(27)25-16(20(29)26-8-4-7-17(26)21(30)31)9-13-10-23-15-6-3-2-5-14(13)15/h2-3,5-6,10,12,16-17,23H,4,7-9,11,22H2,1H3,(H,24,28)(H,25,27)(H,30,31). The van der Waals surface area contributed by atoms with Crippen molar-refractivity contribution in [2.75, 3.05) is 13.1 Å². The van der Waals surface area contributed by atoms with Crippen LogP contribution >= 0.6 is 0 Å². The first-order chi connectivity index (χ1) is 14.8. The molecule has 0 aliphatic carbocycles. The number of H-pyrrole nitrogens is 1. The summed E-state index contributed by atoms with van der Waals surface area (Å²) in [5.41, 5.74) is 7.19. The van der Waals surface area contributed by atoms with Crippen LogP contribution in [0.15, 0.2) is 30.5 Å². The largest absolute Gasteiger partial charge is 0.480 e. The first kappa shape index (κ1) is 22.3. The number of nitrogens with one attached hydrogen (secondary N) is 3. The highest BCUT2D eigenvalue weighted by Crippen LogP contribution is 2.22. The second-order valence-corrected chi connectivity index (χ2v) is 7.72. The number of benzene rings is 1. The van der Waals surface area contributed by atoms with Gasteiger partial charge in [0.2, 0.25) is 17.7 Å². The fraction of sp³-hybridized carbons (Fsp3) is 0.429. The number of likely N-dealkylation sites (tertiary alicyclic amines) is 1. The summed E-state index contributed by atoms with van der Waals surface area (Å²) in [5, 5.41) is 15.4. The summed E-state index contributed by atoms with van der Waals surface area (Å²) in [4.78, 5) is 53.3. The van der Waals surface area contributed by atoms with E-state index >= 15 is 0 Å². The van der Waals surface area contributed by atoms with E-state index in [-0.39, 0.29) is 13.0 Å². The molecule has 1 aliphatic heterocycles. The van der Waals surface area contributed by atoms with Crippen LogP contribution in [0.5, 0.6) is 0 Å². The molecule has 3 amide bonds. The maximum Gasteiger partial charge on any atom is 0.326 e. The Bertz CT molecular complexity index is 985. The van der Waals surface area contributed by atoms with E-state index in [0.29, 0.717) is 19.4 Å². The molecule has 0 spiro atoms. The van der Waals surface area contributed by atoms with Crippen LogP contribution in [0.1, 0.15) is 25.3 Å². The average molecular weight is 429 g/mol. The van der Waals surface area contributed by atoms with Crippen LogP contribution in [0.25, 0.3) is 10.9 Å². The monoisotopic (exact) mass is 429 g/mol. The van der Waals surface area contributed by atoms with Crippen molar-refractivity contribution in [2.24, 2.45) is 5.73 Å². The van der Waals surface area contributed by atoms with Gasteiger partial charge in [-0.15, -0.1) is 0 Å². The Labute approximate surface area is 179 Å². The van der Waals surface area contributed by atoms with Crippen molar-refractivity contribution in [1.82, 2.24) is 20.5 Å². The molecule has 2 aromatic rings. The molecule has 3 rings (SSSR count). The summed E-state index contributed by atoms with van der Waals surface area (Å²) in [6.07, 6.45) is 2.91. The summed E-state index contributed by atoms with van der Waals surface area (Å²) in [5.74, 6) is -2.56. The number of nitrogens with two attached hydrogens (primary N) is 1. The van der Waals surface area contributed by atoms with Crippen molar-refractivity contribution in [2.45, 2.75) is 44.3 Å². The van der Waals surface area contributed by atoms with Gasteiger partial charge in [-0.3, -0.25) is 14.4 Å². The number of carboxylic acids is 1. The molecule has 31 heavy (non-hydrogen) atoms. The molecule has 0 radical (unpaired) electrons. The Morgan fingerprint density at radius 1 is 1.29 bits per heavy atom. The fourth-order valence-corrected chi connectivity index (χ4v) is 3.78. The molecular formula is C21H27N5O5. The molecule has 166 valence electrons. The van der Waals surface area contributed by atoms with Crippen LogP contribution in [0.3, 0.4) is 0 Å². The highest BCUT2D eigenvalue weighted by atomic mass is 16.4. The third-order valence-corrected chi connectivity index (χ3v) is 5.39. The maximum atomic E-state index is 13.2. The van der Waals surface area contributed by atoms with Crippen molar-refractivity contribution in [3.8, 4) is 0 Å². The van der Waals surface area contributed by atoms with E-state index in [1.54, 1.807) is 6.20 Å². The number of amides is 3. The van der Waals surface area contributed by atoms with E-state index in [9.17, 15) is 24.3 Å². The molecule has 1 aromatic heterocycles. The lowest BCUT2D eigenvalue weighted by Gasteiger charge is -2.27. The zero-order valence-electron chi connectivity index (χ0n) is 17.3. The van der Waals surface area contributed by atoms with Gasteiger partial charge in [-0.1, -0.05) is 18.2 Å². The van der Waals surface area contributed by atoms with Crippen molar-refractivity contribution >= 4 is 34.6 Å². The molecule has 1 saturated heterocycles. The lowest BCUT2D eigenvalue weighted by molar-refractivity contribution is -0.149. The van der Waals surface area contributed by atoms with Crippen molar-refractivity contribution in [3.05, 3.63) is 36.0 Å². The Morgan fingerprint density at radius 2 is 2.03 bits per heavy atom. The minimum atomic E-state index is -1.06. The van der Waals surface area contributed by atoms with Crippen LogP contribution in [0.4, 0.5) is 0 Å². The van der Waals surface area contributed by atoms with Gasteiger partial charge in [-0.2, -0.15) is 0 Å². The lowest BCUT2D eigenvalue weighted by atomic mass is 10.0. The maximum absolute atomic E-state index is 13.2. The smallest absolute Gasteiger partial charge is 0.326 e. The summed E-state index contributed by atoms with van der Waals surface area (Å²) in [6.45, 7) is 1.48. The molecule has 6 N–H and O–H groups in total. The van der Waals surface area contributed by atoms with Gasteiger partial charge in [0.25, 0.3) is 0 Å². The van der Waals surface area contributed by atoms with Gasteiger partial charge >= 0.3 is 5.97 Å².